The largest absolute Gasteiger partial charge is 0.347 e. The molecule has 1 fully saturated rings. The highest BCUT2D eigenvalue weighted by Crippen LogP contribution is 2.24. The smallest absolute Gasteiger partial charge is 0.243 e. The van der Waals surface area contributed by atoms with Crippen LogP contribution in [0.4, 0.5) is 0 Å². The van der Waals surface area contributed by atoms with Crippen LogP contribution in [0, 0.1) is 5.92 Å². The van der Waals surface area contributed by atoms with E-state index >= 15 is 0 Å². The molecule has 25 heavy (non-hydrogen) atoms. The normalized spacial score (nSPS) is 17.8. The summed E-state index contributed by atoms with van der Waals surface area (Å²) in [6, 6.07) is 0. The van der Waals surface area contributed by atoms with Crippen LogP contribution in [0.25, 0.3) is 0 Å². The van der Waals surface area contributed by atoms with Gasteiger partial charge < -0.3 is 20.0 Å². The summed E-state index contributed by atoms with van der Waals surface area (Å²) >= 11 is 1.98. The van der Waals surface area contributed by atoms with Crippen molar-refractivity contribution in [1.29, 1.82) is 0 Å². The van der Waals surface area contributed by atoms with Crippen LogP contribution in [0.3, 0.4) is 0 Å². The lowest BCUT2D eigenvalue weighted by Gasteiger charge is -2.36. The van der Waals surface area contributed by atoms with Crippen molar-refractivity contribution in [3.63, 3.8) is 0 Å². The fourth-order valence-corrected chi connectivity index (χ4v) is 3.43. The van der Waals surface area contributed by atoms with E-state index in [0.29, 0.717) is 17.1 Å². The molecule has 7 nitrogen and oxygen atoms in total. The summed E-state index contributed by atoms with van der Waals surface area (Å²) in [5.41, 5.74) is 0. The first-order valence-electron chi connectivity index (χ1n) is 8.27. The summed E-state index contributed by atoms with van der Waals surface area (Å²) in [5, 5.41) is 3.66. The molecule has 146 valence electrons. The summed E-state index contributed by atoms with van der Waals surface area (Å²) in [6.07, 6.45) is 0. The first kappa shape index (κ1) is 24.3. The summed E-state index contributed by atoms with van der Waals surface area (Å²) in [4.78, 5) is 33.4. The summed E-state index contributed by atoms with van der Waals surface area (Å²) in [5.74, 6) is 2.16. The number of carbonyl (C=O) groups is 2. The van der Waals surface area contributed by atoms with Gasteiger partial charge in [-0.15, -0.1) is 24.0 Å². The predicted molar refractivity (Wildman–Crippen MR) is 116 cm³/mol. The van der Waals surface area contributed by atoms with Gasteiger partial charge >= 0.3 is 0 Å². The number of guanidine groups is 1. The molecule has 1 unspecified atom stereocenters. The first-order valence-corrected chi connectivity index (χ1v) is 9.32. The van der Waals surface area contributed by atoms with Crippen molar-refractivity contribution in [1.82, 2.24) is 20.0 Å². The molecule has 1 atom stereocenters. The van der Waals surface area contributed by atoms with Crippen LogP contribution in [0.5, 0.6) is 0 Å². The Morgan fingerprint density at radius 3 is 2.32 bits per heavy atom. The van der Waals surface area contributed by atoms with Gasteiger partial charge in [-0.2, -0.15) is 11.8 Å². The maximum Gasteiger partial charge on any atom is 0.243 e. The number of thioether (sulfide) groups is 1. The van der Waals surface area contributed by atoms with Crippen molar-refractivity contribution < 1.29 is 9.59 Å². The summed E-state index contributed by atoms with van der Waals surface area (Å²) in [6.45, 7) is 6.44. The van der Waals surface area contributed by atoms with Gasteiger partial charge in [-0.1, -0.05) is 13.8 Å². The Hall–Kier alpha value is -0.710. The number of rotatable bonds is 5. The molecule has 1 aliphatic heterocycles. The van der Waals surface area contributed by atoms with Crippen LogP contribution in [-0.4, -0.2) is 97.8 Å². The third kappa shape index (κ3) is 8.48. The second-order valence-corrected chi connectivity index (χ2v) is 8.02. The third-order valence-corrected chi connectivity index (χ3v) is 5.44. The van der Waals surface area contributed by atoms with Gasteiger partial charge in [0.05, 0.1) is 6.54 Å². The van der Waals surface area contributed by atoms with Gasteiger partial charge in [-0.25, -0.2) is 4.99 Å². The fourth-order valence-electron chi connectivity index (χ4n) is 2.14. The second-order valence-electron chi connectivity index (χ2n) is 6.67. The topological polar surface area (TPSA) is 68.2 Å². The number of carbonyl (C=O) groups excluding carboxylic acids is 2. The lowest BCUT2D eigenvalue weighted by molar-refractivity contribution is -0.127. The first-order chi connectivity index (χ1) is 11.2. The summed E-state index contributed by atoms with van der Waals surface area (Å²) in [7, 11) is 6.88. The molecule has 0 aromatic heterocycles. The Kier molecular flexibility index (Phi) is 11.5. The highest BCUT2D eigenvalue weighted by molar-refractivity contribution is 14.0. The van der Waals surface area contributed by atoms with Gasteiger partial charge in [0.2, 0.25) is 11.8 Å². The van der Waals surface area contributed by atoms with Gasteiger partial charge in [-0.05, 0) is 5.92 Å². The van der Waals surface area contributed by atoms with Crippen LogP contribution in [0.1, 0.15) is 13.8 Å². The molecular formula is C16H32IN5O2S. The van der Waals surface area contributed by atoms with Gasteiger partial charge in [0.1, 0.15) is 6.54 Å². The number of nitrogens with zero attached hydrogens (tertiary/aromatic N) is 4. The molecule has 0 aromatic carbocycles. The number of aliphatic imine (C=N–C) groups is 1. The van der Waals surface area contributed by atoms with E-state index in [9.17, 15) is 9.59 Å². The molecule has 1 aliphatic rings. The molecule has 1 N–H and O–H groups in total. The SMILES string of the molecule is CC(C)C1CN(C(=NCC(=O)N(C)C)NCC(=O)N(C)C)CCS1.I. The molecular weight excluding hydrogens is 453 g/mol. The molecule has 0 spiro atoms. The van der Waals surface area contributed by atoms with Crippen LogP contribution in [0.15, 0.2) is 4.99 Å². The van der Waals surface area contributed by atoms with Crippen LogP contribution in [0.2, 0.25) is 0 Å². The number of likely N-dealkylation sites (N-methyl/N-ethyl adjacent to an activating group) is 2. The molecule has 9 heteroatoms. The van der Waals surface area contributed by atoms with Crippen molar-refractivity contribution in [3.8, 4) is 0 Å². The van der Waals surface area contributed by atoms with E-state index in [1.165, 1.54) is 4.90 Å². The van der Waals surface area contributed by atoms with E-state index in [1.54, 1.807) is 33.1 Å². The van der Waals surface area contributed by atoms with Crippen molar-refractivity contribution in [2.45, 2.75) is 19.1 Å². The molecule has 0 saturated carbocycles. The Morgan fingerprint density at radius 2 is 1.80 bits per heavy atom. The van der Waals surface area contributed by atoms with Crippen molar-refractivity contribution >= 4 is 53.5 Å². The molecule has 0 aromatic rings. The van der Waals surface area contributed by atoms with Gasteiger partial charge in [0.15, 0.2) is 5.96 Å². The van der Waals surface area contributed by atoms with E-state index < -0.39 is 0 Å². The maximum absolute atomic E-state index is 11.9. The van der Waals surface area contributed by atoms with E-state index in [0.717, 1.165) is 18.8 Å². The van der Waals surface area contributed by atoms with Crippen LogP contribution < -0.4 is 5.32 Å². The van der Waals surface area contributed by atoms with E-state index in [-0.39, 0.29) is 48.9 Å². The second kappa shape index (κ2) is 11.8. The van der Waals surface area contributed by atoms with Crippen molar-refractivity contribution in [3.05, 3.63) is 0 Å². The molecule has 1 heterocycles. The molecule has 0 aliphatic carbocycles. The zero-order valence-electron chi connectivity index (χ0n) is 16.1. The molecule has 2 amide bonds. The number of amides is 2. The summed E-state index contributed by atoms with van der Waals surface area (Å²) < 4.78 is 0. The van der Waals surface area contributed by atoms with Gasteiger partial charge in [0.25, 0.3) is 0 Å². The minimum absolute atomic E-state index is 0. The Bertz CT molecular complexity index is 471. The fraction of sp³-hybridized carbons (Fsp3) is 0.812. The lowest BCUT2D eigenvalue weighted by Crippen LogP contribution is -2.51. The quantitative estimate of drug-likeness (QED) is 0.355. The number of nitrogens with one attached hydrogen (secondary N) is 1. The van der Waals surface area contributed by atoms with Crippen molar-refractivity contribution in [2.75, 3.05) is 60.1 Å². The molecule has 0 bridgehead atoms. The zero-order chi connectivity index (χ0) is 18.3. The average Bonchev–Trinajstić information content (AvgIpc) is 2.54. The standard InChI is InChI=1S/C16H31N5O2S.HI/c1-12(2)13-11-21(7-8-24-13)16(17-9-14(22)19(3)4)18-10-15(23)20(5)6;/h12-13H,7-11H2,1-6H3,(H,17,18);1H. The maximum atomic E-state index is 11.9. The minimum atomic E-state index is -0.0555. The lowest BCUT2D eigenvalue weighted by atomic mass is 10.1. The van der Waals surface area contributed by atoms with Gasteiger partial charge in [0, 0.05) is 52.3 Å². The highest BCUT2D eigenvalue weighted by atomic mass is 127. The Labute approximate surface area is 173 Å². The van der Waals surface area contributed by atoms with Crippen LogP contribution >= 0.6 is 35.7 Å². The number of halogens is 1. The predicted octanol–water partition coefficient (Wildman–Crippen LogP) is 0.800. The number of hydrogen-bond acceptors (Lipinski definition) is 4. The average molecular weight is 485 g/mol. The Balaban J connectivity index is 0.00000576. The van der Waals surface area contributed by atoms with E-state index in [1.807, 2.05) is 11.8 Å². The van der Waals surface area contributed by atoms with E-state index in [4.69, 9.17) is 0 Å². The molecule has 1 rings (SSSR count). The zero-order valence-corrected chi connectivity index (χ0v) is 19.3. The molecule has 1 saturated heterocycles. The van der Waals surface area contributed by atoms with E-state index in [2.05, 4.69) is 29.1 Å². The minimum Gasteiger partial charge on any atom is -0.347 e. The third-order valence-electron chi connectivity index (χ3n) is 3.90. The van der Waals surface area contributed by atoms with Gasteiger partial charge in [-0.3, -0.25) is 9.59 Å². The number of hydrogen-bond donors (Lipinski definition) is 1. The Morgan fingerprint density at radius 1 is 1.20 bits per heavy atom. The highest BCUT2D eigenvalue weighted by Gasteiger charge is 2.25. The van der Waals surface area contributed by atoms with Crippen molar-refractivity contribution in [2.24, 2.45) is 10.9 Å². The molecule has 0 radical (unpaired) electrons. The van der Waals surface area contributed by atoms with Crippen LogP contribution in [-0.2, 0) is 9.59 Å². The monoisotopic (exact) mass is 485 g/mol.